The summed E-state index contributed by atoms with van der Waals surface area (Å²) in [6.07, 6.45) is 1.61. The van der Waals surface area contributed by atoms with Crippen LogP contribution in [0.25, 0.3) is 0 Å². The van der Waals surface area contributed by atoms with Gasteiger partial charge in [0.1, 0.15) is 0 Å². The van der Waals surface area contributed by atoms with Crippen molar-refractivity contribution in [2.75, 3.05) is 66.0 Å². The van der Waals surface area contributed by atoms with Crippen molar-refractivity contribution in [3.8, 4) is 0 Å². The number of thioether (sulfide) groups is 2. The highest BCUT2D eigenvalue weighted by Crippen LogP contribution is 2.59. The number of hydrogen-bond donors (Lipinski definition) is 4. The van der Waals surface area contributed by atoms with E-state index in [1.165, 1.54) is 35.3 Å². The van der Waals surface area contributed by atoms with Gasteiger partial charge in [0.15, 0.2) is 0 Å². The Labute approximate surface area is 229 Å². The third-order valence-electron chi connectivity index (χ3n) is 3.42. The van der Waals surface area contributed by atoms with Crippen LogP contribution in [0.2, 0.25) is 0 Å². The van der Waals surface area contributed by atoms with Gasteiger partial charge in [0.05, 0.1) is 5.75 Å². The van der Waals surface area contributed by atoms with Gasteiger partial charge in [-0.1, -0.05) is 34.9 Å². The van der Waals surface area contributed by atoms with Crippen LogP contribution >= 0.6 is 59.8 Å². The van der Waals surface area contributed by atoms with Crippen molar-refractivity contribution in [1.29, 1.82) is 0 Å². The smallest absolute Gasteiger partial charge is 0.361 e. The maximum absolute atomic E-state index is 11.3. The molecule has 14 nitrogen and oxygen atoms in total. The number of carbonyl (C=O) groups excluding carboxylic acids is 4. The van der Waals surface area contributed by atoms with Crippen LogP contribution in [0.15, 0.2) is 0 Å². The number of carbonyl (C=O) groups is 4. The molecule has 0 aliphatic rings. The maximum atomic E-state index is 11.3. The largest absolute Gasteiger partial charge is 0.389 e. The highest BCUT2D eigenvalue weighted by atomic mass is 32.7. The Bertz CT molecular complexity index is 746. The van der Waals surface area contributed by atoms with Crippen LogP contribution in [-0.4, -0.2) is 99.2 Å². The molecule has 6 N–H and O–H groups in total. The topological polar surface area (TPSA) is 209 Å². The third kappa shape index (κ3) is 23.9. The second kappa shape index (κ2) is 22.6. The summed E-state index contributed by atoms with van der Waals surface area (Å²) in [5, 5.41) is 3.80. The molecule has 0 radical (unpaired) electrons. The quantitative estimate of drug-likeness (QED) is 0.215. The predicted octanol–water partition coefficient (Wildman–Crippen LogP) is 2.65. The zero-order chi connectivity index (χ0) is 28.9. The molecule has 0 rings (SSSR count). The van der Waals surface area contributed by atoms with Crippen molar-refractivity contribution >= 4 is 82.1 Å². The molecule has 0 saturated carbocycles. The molecule has 0 bridgehead atoms. The summed E-state index contributed by atoms with van der Waals surface area (Å²) < 4.78 is 36.3. The third-order valence-corrected chi connectivity index (χ3v) is 12.6. The van der Waals surface area contributed by atoms with Crippen molar-refractivity contribution in [2.45, 2.75) is 13.0 Å². The number of nitrogens with zero attached hydrogens (tertiary/aromatic N) is 1. The Kier molecular flexibility index (Phi) is 25.1. The molecule has 36 heavy (non-hydrogen) atoms. The summed E-state index contributed by atoms with van der Waals surface area (Å²) >= 11 is 3.96. The van der Waals surface area contributed by atoms with Gasteiger partial charge in [-0.15, -0.1) is 0 Å². The molecule has 0 fully saturated rings. The van der Waals surface area contributed by atoms with Gasteiger partial charge < -0.3 is 35.3 Å². The summed E-state index contributed by atoms with van der Waals surface area (Å²) in [4.78, 5) is 44.1. The van der Waals surface area contributed by atoms with Crippen molar-refractivity contribution in [2.24, 2.45) is 11.5 Å². The highest BCUT2D eigenvalue weighted by molar-refractivity contribution is 8.56. The second-order valence-corrected chi connectivity index (χ2v) is 17.0. The van der Waals surface area contributed by atoms with E-state index in [-0.39, 0.29) is 23.6 Å². The van der Waals surface area contributed by atoms with E-state index >= 15 is 0 Å². The predicted molar refractivity (Wildman–Crippen MR) is 152 cm³/mol. The molecule has 0 aromatic carbocycles. The molecule has 0 aliphatic carbocycles. The summed E-state index contributed by atoms with van der Waals surface area (Å²) in [7, 11) is 9.13. The Hall–Kier alpha value is -0.420. The summed E-state index contributed by atoms with van der Waals surface area (Å²) in [5.41, 5.74) is 10.0. The van der Waals surface area contributed by atoms with Gasteiger partial charge in [-0.25, -0.2) is 4.57 Å². The molecule has 1 atom stereocenters. The molecule has 0 aromatic heterocycles. The molecule has 1 unspecified atom stereocenters. The lowest BCUT2D eigenvalue weighted by Crippen LogP contribution is -2.34. The molecular weight excluding hydrogens is 596 g/mol. The van der Waals surface area contributed by atoms with Crippen LogP contribution in [0.3, 0.4) is 0 Å². The minimum absolute atomic E-state index is 0.0649. The molecular formula is C16H37N5O9P2S4. The minimum Gasteiger partial charge on any atom is -0.361 e. The minimum atomic E-state index is -3.09. The molecule has 0 aromatic rings. The van der Waals surface area contributed by atoms with Crippen molar-refractivity contribution in [3.05, 3.63) is 0 Å². The summed E-state index contributed by atoms with van der Waals surface area (Å²) in [6.45, 7) is -4.72. The van der Waals surface area contributed by atoms with Gasteiger partial charge in [-0.3, -0.25) is 28.8 Å². The normalized spacial score (nSPS) is 12.4. The first-order chi connectivity index (χ1) is 16.5. The first-order valence-electron chi connectivity index (χ1n) is 9.63. The zero-order valence-corrected chi connectivity index (χ0v) is 26.6. The van der Waals surface area contributed by atoms with Crippen LogP contribution in [0, 0.1) is 0 Å². The van der Waals surface area contributed by atoms with Crippen molar-refractivity contribution < 1.29 is 41.9 Å². The lowest BCUT2D eigenvalue weighted by molar-refractivity contribution is -0.118. The molecule has 0 saturated heterocycles. The standard InChI is InChI=1S/C7H15N3O2S2.C5H12NO4PS.C4H10NO3PS/c1-10(2)5(3-13-6(8)11)4-14-7(9)12;1-6-5(7)4-12-11(8,9-2)10-3;1-4(6)5-9(7,8-2)10-3/h5H,3-4H2,1-2H3,(H2,8,11)(H2,9,12);4H2,1-3H3,(H,6,7);1-3H3,(H,5,6,7). The average molecular weight is 634 g/mol. The molecule has 0 spiro atoms. The number of primary amides is 2. The van der Waals surface area contributed by atoms with E-state index < -0.39 is 24.0 Å². The Morgan fingerprint density at radius 3 is 1.61 bits per heavy atom. The van der Waals surface area contributed by atoms with Crippen LogP contribution in [0.1, 0.15) is 6.92 Å². The van der Waals surface area contributed by atoms with E-state index in [1.807, 2.05) is 19.0 Å². The van der Waals surface area contributed by atoms with E-state index in [0.29, 0.717) is 11.5 Å². The van der Waals surface area contributed by atoms with Crippen LogP contribution in [-0.2, 0) is 32.3 Å². The van der Waals surface area contributed by atoms with Gasteiger partial charge in [0, 0.05) is 52.8 Å². The number of hydrogen-bond acceptors (Lipinski definition) is 14. The maximum Gasteiger partial charge on any atom is 0.389 e. The molecule has 0 aliphatic heterocycles. The van der Waals surface area contributed by atoms with Crippen molar-refractivity contribution in [3.63, 3.8) is 0 Å². The number of nitrogens with two attached hydrogens (primary N) is 2. The summed E-state index contributed by atoms with van der Waals surface area (Å²) in [6, 6.07) is 0.116. The molecule has 0 heterocycles. The molecule has 214 valence electrons. The van der Waals surface area contributed by atoms with E-state index in [1.54, 1.807) is 6.26 Å². The SMILES string of the molecule is CN(C)C(CSC(N)=O)CSC(N)=O.CNC(=O)CSP(=O)(OC)OC.COP(=O)(NC(C)=O)SC. The Morgan fingerprint density at radius 2 is 1.39 bits per heavy atom. The van der Waals surface area contributed by atoms with E-state index in [2.05, 4.69) is 24.0 Å². The van der Waals surface area contributed by atoms with E-state index in [4.69, 9.17) is 11.5 Å². The van der Waals surface area contributed by atoms with Crippen molar-refractivity contribution in [1.82, 2.24) is 15.3 Å². The first-order valence-corrected chi connectivity index (χ1v) is 18.2. The second-order valence-electron chi connectivity index (χ2n) is 6.17. The fraction of sp³-hybridized carbons (Fsp3) is 0.750. The average Bonchev–Trinajstić information content (AvgIpc) is 2.81. The van der Waals surface area contributed by atoms with Crippen LogP contribution < -0.4 is 21.9 Å². The zero-order valence-electron chi connectivity index (χ0n) is 21.5. The lowest BCUT2D eigenvalue weighted by atomic mass is 10.4. The number of nitrogens with one attached hydrogen (secondary N) is 2. The number of rotatable bonds is 13. The first kappa shape index (κ1) is 40.1. The highest BCUT2D eigenvalue weighted by Gasteiger charge is 2.23. The molecule has 4 amide bonds. The van der Waals surface area contributed by atoms with Gasteiger partial charge in [-0.05, 0) is 31.7 Å². The molecule has 20 heteroatoms. The van der Waals surface area contributed by atoms with Crippen LogP contribution in [0.5, 0.6) is 0 Å². The van der Waals surface area contributed by atoms with Crippen LogP contribution in [0.4, 0.5) is 9.59 Å². The van der Waals surface area contributed by atoms with Gasteiger partial charge in [-0.2, -0.15) is 0 Å². The Balaban J connectivity index is -0.000000460. The monoisotopic (exact) mass is 633 g/mol. The van der Waals surface area contributed by atoms with E-state index in [9.17, 15) is 28.3 Å². The Morgan fingerprint density at radius 1 is 0.944 bits per heavy atom. The summed E-state index contributed by atoms with van der Waals surface area (Å²) in [5.74, 6) is 0.648. The fourth-order valence-electron chi connectivity index (χ4n) is 1.45. The fourth-order valence-corrected chi connectivity index (χ4v) is 7.21. The number of amides is 4. The van der Waals surface area contributed by atoms with Gasteiger partial charge >= 0.3 is 13.5 Å². The lowest BCUT2D eigenvalue weighted by Gasteiger charge is -2.22. The van der Waals surface area contributed by atoms with Gasteiger partial charge in [0.2, 0.25) is 11.8 Å². The van der Waals surface area contributed by atoms with Gasteiger partial charge in [0.25, 0.3) is 10.5 Å². The van der Waals surface area contributed by atoms with E-state index in [0.717, 1.165) is 46.3 Å².